The highest BCUT2D eigenvalue weighted by Crippen LogP contribution is 2.15. The molecule has 0 unspecified atom stereocenters. The summed E-state index contributed by atoms with van der Waals surface area (Å²) in [5, 5.41) is 14.5. The van der Waals surface area contributed by atoms with E-state index in [1.54, 1.807) is 6.20 Å². The number of nitrogens with zero attached hydrogens (tertiary/aromatic N) is 3. The quantitative estimate of drug-likeness (QED) is 0.750. The maximum Gasteiger partial charge on any atom is 0.244 e. The molecule has 0 fully saturated rings. The van der Waals surface area contributed by atoms with Crippen molar-refractivity contribution in [3.8, 4) is 0 Å². The lowest BCUT2D eigenvalue weighted by Crippen LogP contribution is -2.06. The normalized spacial score (nSPS) is 10.3. The summed E-state index contributed by atoms with van der Waals surface area (Å²) in [4.78, 5) is 4.44. The van der Waals surface area contributed by atoms with Crippen LogP contribution in [-0.4, -0.2) is 15.2 Å². The molecule has 0 bridgehead atoms. The van der Waals surface area contributed by atoms with Gasteiger partial charge in [0.25, 0.3) is 0 Å². The Morgan fingerprint density at radius 3 is 2.52 bits per heavy atom. The van der Waals surface area contributed by atoms with E-state index in [2.05, 4.69) is 70.0 Å². The molecule has 2 N–H and O–H groups in total. The van der Waals surface area contributed by atoms with Crippen LogP contribution in [0.2, 0.25) is 0 Å². The maximum atomic E-state index is 4.44. The van der Waals surface area contributed by atoms with Crippen molar-refractivity contribution < 1.29 is 0 Å². The average Bonchev–Trinajstić information content (AvgIpc) is 2.53. The fourth-order valence-corrected chi connectivity index (χ4v) is 2.31. The van der Waals surface area contributed by atoms with E-state index >= 15 is 0 Å². The van der Waals surface area contributed by atoms with Gasteiger partial charge in [-0.1, -0.05) is 42.0 Å². The van der Waals surface area contributed by atoms with E-state index in [0.29, 0.717) is 18.3 Å². The van der Waals surface area contributed by atoms with E-state index in [1.807, 2.05) is 18.2 Å². The second kappa shape index (κ2) is 6.87. The van der Waals surface area contributed by atoms with Gasteiger partial charge in [-0.25, -0.2) is 0 Å². The SMILES string of the molecule is Cc1cccc(CNc2nncc(Nc3cccc(C)c3)n2)c1. The summed E-state index contributed by atoms with van der Waals surface area (Å²) in [6, 6.07) is 16.4. The second-order valence-electron chi connectivity index (χ2n) is 5.50. The summed E-state index contributed by atoms with van der Waals surface area (Å²) < 4.78 is 0. The molecule has 0 saturated heterocycles. The van der Waals surface area contributed by atoms with Crippen LogP contribution < -0.4 is 10.6 Å². The van der Waals surface area contributed by atoms with Gasteiger partial charge in [0, 0.05) is 12.2 Å². The van der Waals surface area contributed by atoms with Gasteiger partial charge in [-0.3, -0.25) is 0 Å². The van der Waals surface area contributed by atoms with Crippen molar-refractivity contribution >= 4 is 17.5 Å². The second-order valence-corrected chi connectivity index (χ2v) is 5.50. The topological polar surface area (TPSA) is 62.7 Å². The Morgan fingerprint density at radius 1 is 0.957 bits per heavy atom. The molecule has 0 aliphatic rings. The minimum Gasteiger partial charge on any atom is -0.349 e. The Kier molecular flexibility index (Phi) is 4.47. The Balaban J connectivity index is 1.67. The summed E-state index contributed by atoms with van der Waals surface area (Å²) in [5.41, 5.74) is 4.59. The summed E-state index contributed by atoms with van der Waals surface area (Å²) >= 11 is 0. The Morgan fingerprint density at radius 2 is 1.74 bits per heavy atom. The Bertz CT molecular complexity index is 801. The molecule has 0 aliphatic heterocycles. The van der Waals surface area contributed by atoms with Gasteiger partial charge in [0.1, 0.15) is 0 Å². The lowest BCUT2D eigenvalue weighted by molar-refractivity contribution is 0.948. The van der Waals surface area contributed by atoms with E-state index in [0.717, 1.165) is 5.69 Å². The number of aromatic nitrogens is 3. The maximum absolute atomic E-state index is 4.44. The zero-order valence-electron chi connectivity index (χ0n) is 13.2. The number of hydrogen-bond acceptors (Lipinski definition) is 5. The summed E-state index contributed by atoms with van der Waals surface area (Å²) in [7, 11) is 0. The molecule has 3 rings (SSSR count). The molecule has 0 atom stereocenters. The van der Waals surface area contributed by atoms with Crippen LogP contribution in [0.3, 0.4) is 0 Å². The van der Waals surface area contributed by atoms with Crippen molar-refractivity contribution in [2.45, 2.75) is 20.4 Å². The number of hydrogen-bond donors (Lipinski definition) is 2. The average molecular weight is 305 g/mol. The highest BCUT2D eigenvalue weighted by atomic mass is 15.3. The smallest absolute Gasteiger partial charge is 0.244 e. The molecule has 0 spiro atoms. The van der Waals surface area contributed by atoms with Gasteiger partial charge in [0.15, 0.2) is 5.82 Å². The van der Waals surface area contributed by atoms with E-state index in [1.165, 1.54) is 16.7 Å². The van der Waals surface area contributed by atoms with Gasteiger partial charge in [0.05, 0.1) is 6.20 Å². The van der Waals surface area contributed by atoms with Gasteiger partial charge in [0.2, 0.25) is 5.95 Å². The molecule has 1 aromatic heterocycles. The van der Waals surface area contributed by atoms with Gasteiger partial charge in [-0.15, -0.1) is 5.10 Å². The van der Waals surface area contributed by atoms with Crippen LogP contribution in [0, 0.1) is 13.8 Å². The molecular formula is C18H19N5. The molecule has 5 nitrogen and oxygen atoms in total. The van der Waals surface area contributed by atoms with Crippen molar-refractivity contribution in [3.63, 3.8) is 0 Å². The molecule has 0 saturated carbocycles. The molecule has 23 heavy (non-hydrogen) atoms. The van der Waals surface area contributed by atoms with Crippen LogP contribution in [0.5, 0.6) is 0 Å². The molecule has 116 valence electrons. The molecule has 0 radical (unpaired) electrons. The number of nitrogens with one attached hydrogen (secondary N) is 2. The Labute approximate surface area is 135 Å². The van der Waals surface area contributed by atoms with Crippen LogP contribution in [0.1, 0.15) is 16.7 Å². The first-order valence-corrected chi connectivity index (χ1v) is 7.52. The van der Waals surface area contributed by atoms with Crippen LogP contribution in [0.25, 0.3) is 0 Å². The summed E-state index contributed by atoms with van der Waals surface area (Å²) in [6.07, 6.45) is 1.61. The first-order chi connectivity index (χ1) is 11.2. The van der Waals surface area contributed by atoms with Gasteiger partial charge < -0.3 is 10.6 Å². The summed E-state index contributed by atoms with van der Waals surface area (Å²) in [5.74, 6) is 1.17. The highest BCUT2D eigenvalue weighted by molar-refractivity contribution is 5.56. The molecule has 2 aromatic carbocycles. The van der Waals surface area contributed by atoms with E-state index in [9.17, 15) is 0 Å². The van der Waals surface area contributed by atoms with Crippen molar-refractivity contribution in [1.82, 2.24) is 15.2 Å². The zero-order valence-corrected chi connectivity index (χ0v) is 13.2. The standard InChI is InChI=1S/C18H19N5/c1-13-5-3-7-15(9-13)11-19-18-22-17(12-20-23-18)21-16-8-4-6-14(2)10-16/h3-10,12H,11H2,1-2H3,(H2,19,21,22,23). The minimum atomic E-state index is 0.504. The summed E-state index contributed by atoms with van der Waals surface area (Å²) in [6.45, 7) is 4.80. The number of benzene rings is 2. The predicted octanol–water partition coefficient (Wildman–Crippen LogP) is 3.84. The number of rotatable bonds is 5. The van der Waals surface area contributed by atoms with Gasteiger partial charge in [-0.2, -0.15) is 10.1 Å². The lowest BCUT2D eigenvalue weighted by Gasteiger charge is -2.08. The van der Waals surface area contributed by atoms with E-state index in [4.69, 9.17) is 0 Å². The molecule has 0 amide bonds. The Hall–Kier alpha value is -2.95. The largest absolute Gasteiger partial charge is 0.349 e. The third-order valence-corrected chi connectivity index (χ3v) is 3.38. The third-order valence-electron chi connectivity index (χ3n) is 3.38. The molecule has 1 heterocycles. The highest BCUT2D eigenvalue weighted by Gasteiger charge is 2.02. The molecular weight excluding hydrogens is 286 g/mol. The number of anilines is 3. The van der Waals surface area contributed by atoms with Crippen LogP contribution in [0.4, 0.5) is 17.5 Å². The van der Waals surface area contributed by atoms with Gasteiger partial charge >= 0.3 is 0 Å². The number of aryl methyl sites for hydroxylation is 2. The molecule has 3 aromatic rings. The lowest BCUT2D eigenvalue weighted by atomic mass is 10.1. The van der Waals surface area contributed by atoms with Crippen LogP contribution in [-0.2, 0) is 6.54 Å². The fourth-order valence-electron chi connectivity index (χ4n) is 2.31. The van der Waals surface area contributed by atoms with Crippen LogP contribution >= 0.6 is 0 Å². The fraction of sp³-hybridized carbons (Fsp3) is 0.167. The van der Waals surface area contributed by atoms with Crippen molar-refractivity contribution in [1.29, 1.82) is 0 Å². The van der Waals surface area contributed by atoms with Crippen LogP contribution in [0.15, 0.2) is 54.7 Å². The minimum absolute atomic E-state index is 0.504. The van der Waals surface area contributed by atoms with E-state index < -0.39 is 0 Å². The van der Waals surface area contributed by atoms with Crippen molar-refractivity contribution in [2.24, 2.45) is 0 Å². The molecule has 0 aliphatic carbocycles. The first-order valence-electron chi connectivity index (χ1n) is 7.52. The van der Waals surface area contributed by atoms with E-state index in [-0.39, 0.29) is 0 Å². The zero-order chi connectivity index (χ0) is 16.1. The third kappa shape index (κ3) is 4.26. The van der Waals surface area contributed by atoms with Crippen molar-refractivity contribution in [2.75, 3.05) is 10.6 Å². The predicted molar refractivity (Wildman–Crippen MR) is 92.8 cm³/mol. The van der Waals surface area contributed by atoms with Crippen molar-refractivity contribution in [3.05, 3.63) is 71.4 Å². The first kappa shape index (κ1) is 15.0. The van der Waals surface area contributed by atoms with Gasteiger partial charge in [-0.05, 0) is 37.1 Å². The molecule has 5 heteroatoms. The monoisotopic (exact) mass is 305 g/mol.